The van der Waals surface area contributed by atoms with Crippen molar-refractivity contribution >= 4 is 28.3 Å². The fourth-order valence-corrected chi connectivity index (χ4v) is 2.73. The molecule has 1 aromatic carbocycles. The minimum Gasteiger partial charge on any atom is -0.347 e. The second-order valence-electron chi connectivity index (χ2n) is 6.49. The highest BCUT2D eigenvalue weighted by molar-refractivity contribution is 5.92. The van der Waals surface area contributed by atoms with Crippen LogP contribution in [0.2, 0.25) is 0 Å². The van der Waals surface area contributed by atoms with Crippen LogP contribution in [0.1, 0.15) is 0 Å². The van der Waals surface area contributed by atoms with Crippen LogP contribution in [-0.4, -0.2) is 49.6 Å². The predicted molar refractivity (Wildman–Crippen MR) is 107 cm³/mol. The maximum absolute atomic E-state index is 11.9. The molecule has 4 rings (SSSR count). The summed E-state index contributed by atoms with van der Waals surface area (Å²) in [5.41, 5.74) is 2.41. The number of amides is 1. The average Bonchev–Trinajstić information content (AvgIpc) is 3.15. The van der Waals surface area contributed by atoms with Crippen LogP contribution in [0.5, 0.6) is 0 Å². The van der Waals surface area contributed by atoms with Gasteiger partial charge in [0.05, 0.1) is 17.4 Å². The Hall–Kier alpha value is -3.81. The van der Waals surface area contributed by atoms with Crippen LogP contribution in [-0.2, 0) is 11.3 Å². The van der Waals surface area contributed by atoms with Gasteiger partial charge in [0.15, 0.2) is 5.82 Å². The van der Waals surface area contributed by atoms with Crippen molar-refractivity contribution in [3.63, 3.8) is 0 Å². The van der Waals surface area contributed by atoms with Gasteiger partial charge in [0.2, 0.25) is 5.91 Å². The summed E-state index contributed by atoms with van der Waals surface area (Å²) < 4.78 is 1.59. The zero-order chi connectivity index (χ0) is 19.5. The summed E-state index contributed by atoms with van der Waals surface area (Å²) in [7, 11) is 3.44. The van der Waals surface area contributed by atoms with E-state index < -0.39 is 0 Å². The molecule has 0 atom stereocenters. The molecule has 28 heavy (non-hydrogen) atoms. The number of nitrogens with one attached hydrogen (secondary N) is 1. The molecule has 0 saturated heterocycles. The summed E-state index contributed by atoms with van der Waals surface area (Å²) in [4.78, 5) is 26.9. The van der Waals surface area contributed by atoms with Crippen LogP contribution in [0.25, 0.3) is 22.3 Å². The maximum atomic E-state index is 11.9. The Kier molecular flexibility index (Phi) is 4.67. The first kappa shape index (κ1) is 17.6. The van der Waals surface area contributed by atoms with E-state index in [0.29, 0.717) is 11.6 Å². The number of carbonyl (C=O) groups excluding carboxylic acids is 1. The molecule has 0 bridgehead atoms. The molecule has 8 heteroatoms. The van der Waals surface area contributed by atoms with Crippen molar-refractivity contribution in [2.24, 2.45) is 0 Å². The number of benzene rings is 1. The van der Waals surface area contributed by atoms with Gasteiger partial charge in [-0.3, -0.25) is 14.5 Å². The van der Waals surface area contributed by atoms with E-state index in [2.05, 4.69) is 20.4 Å². The molecule has 4 aromatic rings. The normalized spacial score (nSPS) is 10.8. The molecule has 8 nitrogen and oxygen atoms in total. The average molecular weight is 373 g/mol. The first-order valence-electron chi connectivity index (χ1n) is 8.77. The van der Waals surface area contributed by atoms with E-state index in [1.54, 1.807) is 43.6 Å². The molecule has 1 N–H and O–H groups in total. The lowest BCUT2D eigenvalue weighted by Gasteiger charge is -2.10. The van der Waals surface area contributed by atoms with Gasteiger partial charge in [-0.25, -0.2) is 9.97 Å². The summed E-state index contributed by atoms with van der Waals surface area (Å²) in [5, 5.41) is 8.44. The monoisotopic (exact) mass is 373 g/mol. The standard InChI is InChI=1S/C20H19N7O/c1-26(2)18(28)13-27-12-15(11-22-27)23-20-16-7-3-4-8-17(16)24-19(25-20)14-6-5-9-21-10-14/h3-12H,13H2,1-2H3,(H,23,24,25). The third-order valence-electron chi connectivity index (χ3n) is 4.22. The van der Waals surface area contributed by atoms with Crippen molar-refractivity contribution in [1.82, 2.24) is 29.6 Å². The van der Waals surface area contributed by atoms with Crippen molar-refractivity contribution in [2.75, 3.05) is 19.4 Å². The molecule has 1 amide bonds. The van der Waals surface area contributed by atoms with Gasteiger partial charge in [-0.2, -0.15) is 5.10 Å². The number of carbonyl (C=O) groups is 1. The van der Waals surface area contributed by atoms with Crippen molar-refractivity contribution in [1.29, 1.82) is 0 Å². The number of para-hydroxylation sites is 1. The molecule has 140 valence electrons. The number of hydrogen-bond acceptors (Lipinski definition) is 6. The summed E-state index contributed by atoms with van der Waals surface area (Å²) >= 11 is 0. The summed E-state index contributed by atoms with van der Waals surface area (Å²) in [5.74, 6) is 1.23. The zero-order valence-corrected chi connectivity index (χ0v) is 15.6. The van der Waals surface area contributed by atoms with Gasteiger partial charge in [0.1, 0.15) is 12.4 Å². The molecular formula is C20H19N7O. The van der Waals surface area contributed by atoms with Gasteiger partial charge >= 0.3 is 0 Å². The van der Waals surface area contributed by atoms with E-state index in [1.165, 1.54) is 4.90 Å². The molecule has 0 saturated carbocycles. The Morgan fingerprint density at radius 3 is 2.75 bits per heavy atom. The fourth-order valence-electron chi connectivity index (χ4n) is 2.73. The summed E-state index contributed by atoms with van der Waals surface area (Å²) in [6.07, 6.45) is 6.90. The van der Waals surface area contributed by atoms with Gasteiger partial charge in [-0.15, -0.1) is 0 Å². The predicted octanol–water partition coefficient (Wildman–Crippen LogP) is 2.72. The lowest BCUT2D eigenvalue weighted by molar-refractivity contribution is -0.129. The minimum atomic E-state index is -0.0269. The highest BCUT2D eigenvalue weighted by atomic mass is 16.2. The number of rotatable bonds is 5. The summed E-state index contributed by atoms with van der Waals surface area (Å²) in [6, 6.07) is 11.6. The van der Waals surface area contributed by atoms with Crippen LogP contribution in [0.3, 0.4) is 0 Å². The lowest BCUT2D eigenvalue weighted by Crippen LogP contribution is -2.26. The van der Waals surface area contributed by atoms with Crippen molar-refractivity contribution < 1.29 is 4.79 Å². The largest absolute Gasteiger partial charge is 0.347 e. The second-order valence-corrected chi connectivity index (χ2v) is 6.49. The molecule has 3 heterocycles. The first-order valence-corrected chi connectivity index (χ1v) is 8.77. The second kappa shape index (κ2) is 7.43. The molecule has 0 aliphatic heterocycles. The van der Waals surface area contributed by atoms with E-state index in [4.69, 9.17) is 4.98 Å². The van der Waals surface area contributed by atoms with E-state index in [1.807, 2.05) is 36.4 Å². The van der Waals surface area contributed by atoms with E-state index in [0.717, 1.165) is 22.2 Å². The number of likely N-dealkylation sites (N-methyl/N-ethyl adjacent to an activating group) is 1. The van der Waals surface area contributed by atoms with Crippen molar-refractivity contribution in [2.45, 2.75) is 6.54 Å². The van der Waals surface area contributed by atoms with Crippen LogP contribution in [0.4, 0.5) is 11.5 Å². The zero-order valence-electron chi connectivity index (χ0n) is 15.6. The third-order valence-corrected chi connectivity index (χ3v) is 4.22. The third kappa shape index (κ3) is 3.66. The van der Waals surface area contributed by atoms with Gasteiger partial charge in [0, 0.05) is 43.6 Å². The van der Waals surface area contributed by atoms with Crippen LogP contribution in [0, 0.1) is 0 Å². The van der Waals surface area contributed by atoms with E-state index in [9.17, 15) is 4.79 Å². The topological polar surface area (TPSA) is 88.8 Å². The highest BCUT2D eigenvalue weighted by Crippen LogP contribution is 2.26. The van der Waals surface area contributed by atoms with Crippen LogP contribution < -0.4 is 5.32 Å². The molecule has 0 fully saturated rings. The molecule has 0 aliphatic carbocycles. The quantitative estimate of drug-likeness (QED) is 0.579. The fraction of sp³-hybridized carbons (Fsp3) is 0.150. The SMILES string of the molecule is CN(C)C(=O)Cn1cc(Nc2nc(-c3cccnc3)nc3ccccc23)cn1. The molecule has 3 aromatic heterocycles. The van der Waals surface area contributed by atoms with Gasteiger partial charge in [0.25, 0.3) is 0 Å². The Bertz CT molecular complexity index is 1120. The number of fused-ring (bicyclic) bond motifs is 1. The Labute approximate surface area is 161 Å². The highest BCUT2D eigenvalue weighted by Gasteiger charge is 2.11. The van der Waals surface area contributed by atoms with Crippen molar-refractivity contribution in [3.8, 4) is 11.4 Å². The number of hydrogen-bond donors (Lipinski definition) is 1. The summed E-state index contributed by atoms with van der Waals surface area (Å²) in [6.45, 7) is 0.181. The number of pyridine rings is 1. The smallest absolute Gasteiger partial charge is 0.243 e. The minimum absolute atomic E-state index is 0.0269. The van der Waals surface area contributed by atoms with Gasteiger partial charge in [-0.05, 0) is 24.3 Å². The number of nitrogens with zero attached hydrogens (tertiary/aromatic N) is 6. The molecule has 0 aliphatic rings. The first-order chi connectivity index (χ1) is 13.6. The Balaban J connectivity index is 1.68. The van der Waals surface area contributed by atoms with Gasteiger partial charge < -0.3 is 10.2 Å². The van der Waals surface area contributed by atoms with E-state index >= 15 is 0 Å². The number of aromatic nitrogens is 5. The Morgan fingerprint density at radius 2 is 1.96 bits per heavy atom. The van der Waals surface area contributed by atoms with Gasteiger partial charge in [-0.1, -0.05) is 12.1 Å². The number of anilines is 2. The maximum Gasteiger partial charge on any atom is 0.243 e. The molecule has 0 spiro atoms. The van der Waals surface area contributed by atoms with Crippen molar-refractivity contribution in [3.05, 3.63) is 61.2 Å². The lowest BCUT2D eigenvalue weighted by atomic mass is 10.2. The van der Waals surface area contributed by atoms with E-state index in [-0.39, 0.29) is 12.5 Å². The molecular weight excluding hydrogens is 354 g/mol. The van der Waals surface area contributed by atoms with Crippen LogP contribution >= 0.6 is 0 Å². The molecule has 0 radical (unpaired) electrons. The molecule has 0 unspecified atom stereocenters. The Morgan fingerprint density at radius 1 is 1.11 bits per heavy atom. The van der Waals surface area contributed by atoms with Crippen LogP contribution in [0.15, 0.2) is 61.2 Å².